The van der Waals surface area contributed by atoms with E-state index in [4.69, 9.17) is 0 Å². The van der Waals surface area contributed by atoms with E-state index in [1.165, 1.54) is 24.6 Å². The molecule has 4 nitrogen and oxygen atoms in total. The van der Waals surface area contributed by atoms with Crippen molar-refractivity contribution in [1.29, 1.82) is 0 Å². The molecule has 5 heteroatoms. The lowest BCUT2D eigenvalue weighted by atomic mass is 9.98. The zero-order valence-corrected chi connectivity index (χ0v) is 14.9. The number of hydrogen-bond acceptors (Lipinski definition) is 2. The van der Waals surface area contributed by atoms with Crippen LogP contribution in [0.5, 0.6) is 0 Å². The van der Waals surface area contributed by atoms with Gasteiger partial charge in [-0.15, -0.1) is 0 Å². The smallest absolute Gasteiger partial charge is 0.255 e. The number of likely N-dealkylation sites (tertiary alicyclic amines) is 1. The summed E-state index contributed by atoms with van der Waals surface area (Å²) in [5.74, 6) is -0.719. The van der Waals surface area contributed by atoms with E-state index in [0.29, 0.717) is 22.9 Å². The number of rotatable bonds is 4. The maximum absolute atomic E-state index is 13.2. The van der Waals surface area contributed by atoms with Gasteiger partial charge in [0.05, 0.1) is 0 Å². The van der Waals surface area contributed by atoms with Crippen molar-refractivity contribution in [3.8, 4) is 0 Å². The van der Waals surface area contributed by atoms with Crippen LogP contribution in [-0.4, -0.2) is 29.3 Å². The van der Waals surface area contributed by atoms with E-state index in [1.54, 1.807) is 30.3 Å². The van der Waals surface area contributed by atoms with Gasteiger partial charge >= 0.3 is 0 Å². The molecule has 0 radical (unpaired) electrons. The molecule has 26 heavy (non-hydrogen) atoms. The normalized spacial score (nSPS) is 17.0. The number of halogens is 1. The first-order chi connectivity index (χ1) is 12.6. The number of piperidine rings is 1. The maximum Gasteiger partial charge on any atom is 0.255 e. The summed E-state index contributed by atoms with van der Waals surface area (Å²) in [5, 5.41) is 2.65. The van der Waals surface area contributed by atoms with Gasteiger partial charge in [0.25, 0.3) is 11.8 Å². The molecule has 136 valence electrons. The third-order valence-corrected chi connectivity index (χ3v) is 4.84. The van der Waals surface area contributed by atoms with Gasteiger partial charge in [0.15, 0.2) is 0 Å². The Morgan fingerprint density at radius 3 is 2.54 bits per heavy atom. The summed E-state index contributed by atoms with van der Waals surface area (Å²) in [7, 11) is 0. The predicted octanol–water partition coefficient (Wildman–Crippen LogP) is 4.48. The van der Waals surface area contributed by atoms with E-state index in [9.17, 15) is 14.0 Å². The summed E-state index contributed by atoms with van der Waals surface area (Å²) in [5.41, 5.74) is 1.42. The molecule has 1 aliphatic rings. The predicted molar refractivity (Wildman–Crippen MR) is 99.8 cm³/mol. The highest BCUT2D eigenvalue weighted by atomic mass is 19.1. The van der Waals surface area contributed by atoms with Crippen molar-refractivity contribution in [1.82, 2.24) is 4.90 Å². The van der Waals surface area contributed by atoms with Crippen LogP contribution >= 0.6 is 0 Å². The molecule has 2 amide bonds. The molecule has 1 fully saturated rings. The average Bonchev–Trinajstić information content (AvgIpc) is 2.67. The maximum atomic E-state index is 13.2. The fourth-order valence-corrected chi connectivity index (χ4v) is 3.39. The van der Waals surface area contributed by atoms with Crippen LogP contribution in [-0.2, 0) is 0 Å². The number of amides is 2. The van der Waals surface area contributed by atoms with Crippen LogP contribution in [0.25, 0.3) is 0 Å². The van der Waals surface area contributed by atoms with E-state index in [-0.39, 0.29) is 11.8 Å². The minimum Gasteiger partial charge on any atom is -0.336 e. The Kier molecular flexibility index (Phi) is 5.66. The second-order valence-electron chi connectivity index (χ2n) is 6.60. The minimum absolute atomic E-state index is 0.0219. The monoisotopic (exact) mass is 354 g/mol. The molecule has 1 N–H and O–H groups in total. The Morgan fingerprint density at radius 1 is 1.12 bits per heavy atom. The molecule has 0 aliphatic carbocycles. The summed E-state index contributed by atoms with van der Waals surface area (Å²) in [6.45, 7) is 2.90. The highest BCUT2D eigenvalue weighted by molar-refractivity contribution is 6.05. The first-order valence-electron chi connectivity index (χ1n) is 9.06. The lowest BCUT2D eigenvalue weighted by Crippen LogP contribution is -2.43. The van der Waals surface area contributed by atoms with Crippen molar-refractivity contribution in [2.75, 3.05) is 11.9 Å². The number of carbonyl (C=O) groups excluding carboxylic acids is 2. The van der Waals surface area contributed by atoms with Crippen molar-refractivity contribution in [3.63, 3.8) is 0 Å². The molecule has 3 rings (SSSR count). The molecule has 2 aromatic carbocycles. The molecule has 0 saturated carbocycles. The lowest BCUT2D eigenvalue weighted by molar-refractivity contribution is 0.0607. The number of anilines is 1. The van der Waals surface area contributed by atoms with E-state index < -0.39 is 5.82 Å². The molecule has 1 saturated heterocycles. The Hall–Kier alpha value is -2.69. The third kappa shape index (κ3) is 4.10. The molecule has 1 heterocycles. The van der Waals surface area contributed by atoms with E-state index in [0.717, 1.165) is 25.8 Å². The van der Waals surface area contributed by atoms with Crippen molar-refractivity contribution >= 4 is 17.5 Å². The van der Waals surface area contributed by atoms with Crippen LogP contribution in [0.2, 0.25) is 0 Å². The number of nitrogens with one attached hydrogen (secondary N) is 1. The lowest BCUT2D eigenvalue weighted by Gasteiger charge is -2.35. The van der Waals surface area contributed by atoms with Crippen molar-refractivity contribution in [3.05, 3.63) is 65.5 Å². The van der Waals surface area contributed by atoms with Gasteiger partial charge in [0.1, 0.15) is 5.82 Å². The molecule has 1 atom stereocenters. The van der Waals surface area contributed by atoms with E-state index >= 15 is 0 Å². The molecule has 1 unspecified atom stereocenters. The molecule has 0 bridgehead atoms. The Morgan fingerprint density at radius 2 is 1.85 bits per heavy atom. The van der Waals surface area contributed by atoms with Gasteiger partial charge in [-0.25, -0.2) is 4.39 Å². The van der Waals surface area contributed by atoms with Crippen LogP contribution < -0.4 is 5.32 Å². The summed E-state index contributed by atoms with van der Waals surface area (Å²) in [6.07, 6.45) is 4.22. The minimum atomic E-state index is -0.407. The second-order valence-corrected chi connectivity index (χ2v) is 6.60. The molecular formula is C21H23FN2O2. The molecule has 0 aromatic heterocycles. The van der Waals surface area contributed by atoms with Crippen molar-refractivity contribution in [2.24, 2.45) is 0 Å². The number of carbonyl (C=O) groups is 2. The highest BCUT2D eigenvalue weighted by Crippen LogP contribution is 2.22. The number of hydrogen-bond donors (Lipinski definition) is 1. The fourth-order valence-electron chi connectivity index (χ4n) is 3.39. The van der Waals surface area contributed by atoms with Crippen LogP contribution in [0.15, 0.2) is 48.5 Å². The van der Waals surface area contributed by atoms with Crippen LogP contribution in [0.4, 0.5) is 10.1 Å². The quantitative estimate of drug-likeness (QED) is 0.880. The van der Waals surface area contributed by atoms with Gasteiger partial charge in [-0.05, 0) is 68.1 Å². The molecule has 0 spiro atoms. The van der Waals surface area contributed by atoms with Crippen LogP contribution in [0.3, 0.4) is 0 Å². The second kappa shape index (κ2) is 8.13. The topological polar surface area (TPSA) is 49.4 Å². The third-order valence-electron chi connectivity index (χ3n) is 4.84. The van der Waals surface area contributed by atoms with Crippen molar-refractivity contribution in [2.45, 2.75) is 38.6 Å². The van der Waals surface area contributed by atoms with E-state index in [2.05, 4.69) is 12.2 Å². The standard InChI is InChI=1S/C21H23FN2O2/c1-2-19-8-3-4-13-24(19)21(26)16-11-9-15(10-12-16)20(25)23-18-7-5-6-17(22)14-18/h5-7,9-12,14,19H,2-4,8,13H2,1H3,(H,23,25). The first-order valence-corrected chi connectivity index (χ1v) is 9.06. The van der Waals surface area contributed by atoms with Gasteiger partial charge in [0, 0.05) is 29.4 Å². The summed E-state index contributed by atoms with van der Waals surface area (Å²) < 4.78 is 13.2. The molecule has 1 aliphatic heterocycles. The Bertz CT molecular complexity index is 789. The average molecular weight is 354 g/mol. The van der Waals surface area contributed by atoms with Gasteiger partial charge in [-0.2, -0.15) is 0 Å². The number of benzene rings is 2. The summed E-state index contributed by atoms with van der Waals surface area (Å²) >= 11 is 0. The Balaban J connectivity index is 1.69. The summed E-state index contributed by atoms with van der Waals surface area (Å²) in [6, 6.07) is 12.7. The highest BCUT2D eigenvalue weighted by Gasteiger charge is 2.26. The van der Waals surface area contributed by atoms with Crippen LogP contribution in [0.1, 0.15) is 53.3 Å². The van der Waals surface area contributed by atoms with Gasteiger partial charge in [-0.3, -0.25) is 9.59 Å². The molecule has 2 aromatic rings. The van der Waals surface area contributed by atoms with Gasteiger partial charge in [-0.1, -0.05) is 13.0 Å². The van der Waals surface area contributed by atoms with Gasteiger partial charge in [0.2, 0.25) is 0 Å². The van der Waals surface area contributed by atoms with Crippen molar-refractivity contribution < 1.29 is 14.0 Å². The number of nitrogens with zero attached hydrogens (tertiary/aromatic N) is 1. The zero-order valence-electron chi connectivity index (χ0n) is 14.9. The first kappa shape index (κ1) is 18.1. The summed E-state index contributed by atoms with van der Waals surface area (Å²) in [4.78, 5) is 27.0. The van der Waals surface area contributed by atoms with Crippen LogP contribution in [0, 0.1) is 5.82 Å². The fraction of sp³-hybridized carbons (Fsp3) is 0.333. The largest absolute Gasteiger partial charge is 0.336 e. The Labute approximate surface area is 153 Å². The SMILES string of the molecule is CCC1CCCCN1C(=O)c1ccc(C(=O)Nc2cccc(F)c2)cc1. The zero-order chi connectivity index (χ0) is 18.5. The van der Waals surface area contributed by atoms with Gasteiger partial charge < -0.3 is 10.2 Å². The van der Waals surface area contributed by atoms with E-state index in [1.807, 2.05) is 4.90 Å². The molecular weight excluding hydrogens is 331 g/mol.